The molecule has 4 rings (SSSR count). The lowest BCUT2D eigenvalue weighted by molar-refractivity contribution is 0.0425. The monoisotopic (exact) mass is 358 g/mol. The van der Waals surface area contributed by atoms with Crippen LogP contribution >= 0.6 is 21.6 Å². The van der Waals surface area contributed by atoms with Crippen molar-refractivity contribution in [3.63, 3.8) is 0 Å². The van der Waals surface area contributed by atoms with E-state index in [1.165, 1.54) is 21.6 Å². The number of carbonyl (C=O) groups is 4. The summed E-state index contributed by atoms with van der Waals surface area (Å²) in [6, 6.07) is 9.69. The molecule has 0 atom stereocenters. The molecule has 6 nitrogen and oxygen atoms in total. The number of benzene rings is 2. The van der Waals surface area contributed by atoms with Crippen LogP contribution in [0.4, 0.5) is 0 Å². The van der Waals surface area contributed by atoms with E-state index in [0.717, 1.165) is 9.79 Å². The molecule has 2 aromatic carbocycles. The molecule has 0 fully saturated rings. The smallest absolute Gasteiger partial charge is 0.346 e. The number of cyclic esters (lactones) is 4. The van der Waals surface area contributed by atoms with Gasteiger partial charge in [-0.2, -0.15) is 0 Å². The quantitative estimate of drug-likeness (QED) is 0.470. The average molecular weight is 358 g/mol. The minimum absolute atomic E-state index is 0.244. The van der Waals surface area contributed by atoms with Crippen molar-refractivity contribution in [1.82, 2.24) is 0 Å². The van der Waals surface area contributed by atoms with Crippen molar-refractivity contribution < 1.29 is 28.7 Å². The van der Waals surface area contributed by atoms with E-state index < -0.39 is 23.9 Å². The van der Waals surface area contributed by atoms with E-state index >= 15 is 0 Å². The molecule has 2 heterocycles. The van der Waals surface area contributed by atoms with Crippen molar-refractivity contribution in [1.29, 1.82) is 0 Å². The first-order chi connectivity index (χ1) is 11.5. The van der Waals surface area contributed by atoms with Gasteiger partial charge in [-0.1, -0.05) is 21.6 Å². The van der Waals surface area contributed by atoms with Crippen LogP contribution in [-0.4, -0.2) is 23.9 Å². The highest BCUT2D eigenvalue weighted by Gasteiger charge is 2.31. The third-order valence-electron chi connectivity index (χ3n) is 3.47. The fourth-order valence-electron chi connectivity index (χ4n) is 2.33. The highest BCUT2D eigenvalue weighted by atomic mass is 33.1. The minimum atomic E-state index is -0.652. The Morgan fingerprint density at radius 2 is 0.917 bits per heavy atom. The third-order valence-corrected chi connectivity index (χ3v) is 5.85. The summed E-state index contributed by atoms with van der Waals surface area (Å²) in [5.74, 6) is -2.58. The summed E-state index contributed by atoms with van der Waals surface area (Å²) in [5, 5.41) is 0. The molecule has 0 aromatic heterocycles. The van der Waals surface area contributed by atoms with Gasteiger partial charge in [0.2, 0.25) is 0 Å². The number of carbonyl (C=O) groups excluding carboxylic acids is 4. The summed E-state index contributed by atoms with van der Waals surface area (Å²) in [4.78, 5) is 47.4. The summed E-state index contributed by atoms with van der Waals surface area (Å²) < 4.78 is 9.09. The van der Waals surface area contributed by atoms with Gasteiger partial charge in [0.25, 0.3) is 0 Å². The van der Waals surface area contributed by atoms with Crippen LogP contribution < -0.4 is 0 Å². The summed E-state index contributed by atoms with van der Waals surface area (Å²) >= 11 is 0. The van der Waals surface area contributed by atoms with Crippen molar-refractivity contribution in [2.45, 2.75) is 9.79 Å². The molecule has 8 heteroatoms. The highest BCUT2D eigenvalue weighted by molar-refractivity contribution is 8.76. The molecule has 2 aromatic rings. The Kier molecular flexibility index (Phi) is 3.43. The summed E-state index contributed by atoms with van der Waals surface area (Å²) in [7, 11) is 2.70. The molecule has 118 valence electrons. The Bertz CT molecular complexity index is 872. The number of hydrogen-bond donors (Lipinski definition) is 0. The standard InChI is InChI=1S/C16H6O6S2/c17-13-9-3-1-7(5-11(9)15(19)21-13)23-24-8-2-4-10-12(6-8)16(20)22-14(10)18/h1-6H. The Balaban J connectivity index is 1.54. The average Bonchev–Trinajstić information content (AvgIpc) is 3.02. The summed E-state index contributed by atoms with van der Waals surface area (Å²) in [5.41, 5.74) is 1.00. The zero-order valence-electron chi connectivity index (χ0n) is 11.7. The van der Waals surface area contributed by atoms with Crippen LogP contribution in [0.15, 0.2) is 46.2 Å². The van der Waals surface area contributed by atoms with E-state index in [2.05, 4.69) is 9.47 Å². The van der Waals surface area contributed by atoms with E-state index in [-0.39, 0.29) is 22.3 Å². The molecule has 0 radical (unpaired) electrons. The maximum absolute atomic E-state index is 11.6. The predicted octanol–water partition coefficient (Wildman–Crippen LogP) is 3.11. The van der Waals surface area contributed by atoms with E-state index in [0.29, 0.717) is 0 Å². The molecule has 0 amide bonds. The van der Waals surface area contributed by atoms with Crippen molar-refractivity contribution in [3.05, 3.63) is 58.7 Å². The maximum atomic E-state index is 11.6. The number of ether oxygens (including phenoxy) is 2. The molecule has 2 aliphatic rings. The van der Waals surface area contributed by atoms with Gasteiger partial charge in [0.15, 0.2) is 0 Å². The first-order valence-corrected chi connectivity index (χ1v) is 8.83. The number of esters is 4. The van der Waals surface area contributed by atoms with E-state index in [9.17, 15) is 19.2 Å². The van der Waals surface area contributed by atoms with E-state index in [4.69, 9.17) is 0 Å². The van der Waals surface area contributed by atoms with Gasteiger partial charge in [0.05, 0.1) is 22.3 Å². The molecule has 2 aliphatic heterocycles. The summed E-state index contributed by atoms with van der Waals surface area (Å²) in [6.45, 7) is 0. The summed E-state index contributed by atoms with van der Waals surface area (Å²) in [6.07, 6.45) is 0. The molecule has 0 unspecified atom stereocenters. The lowest BCUT2D eigenvalue weighted by Gasteiger charge is -2.03. The Morgan fingerprint density at radius 3 is 1.33 bits per heavy atom. The molecule has 0 N–H and O–H groups in total. The zero-order valence-corrected chi connectivity index (χ0v) is 13.4. The number of hydrogen-bond acceptors (Lipinski definition) is 8. The van der Waals surface area contributed by atoms with Crippen LogP contribution in [0, 0.1) is 0 Å². The van der Waals surface area contributed by atoms with Gasteiger partial charge in [-0.05, 0) is 36.4 Å². The Labute approximate surface area is 142 Å². The van der Waals surface area contributed by atoms with Crippen LogP contribution in [0.25, 0.3) is 0 Å². The van der Waals surface area contributed by atoms with Gasteiger partial charge >= 0.3 is 23.9 Å². The lowest BCUT2D eigenvalue weighted by atomic mass is 10.1. The second kappa shape index (κ2) is 5.50. The largest absolute Gasteiger partial charge is 0.386 e. The lowest BCUT2D eigenvalue weighted by Crippen LogP contribution is -1.96. The SMILES string of the molecule is O=C1OC(=O)c2cc(SSc3ccc4c(c3)C(=O)OC4=O)ccc21. The first-order valence-electron chi connectivity index (χ1n) is 6.68. The van der Waals surface area contributed by atoms with Gasteiger partial charge in [0, 0.05) is 9.79 Å². The highest BCUT2D eigenvalue weighted by Crippen LogP contribution is 2.40. The molecule has 0 saturated heterocycles. The third kappa shape index (κ3) is 2.40. The van der Waals surface area contributed by atoms with Crippen molar-refractivity contribution in [3.8, 4) is 0 Å². The van der Waals surface area contributed by atoms with Crippen molar-refractivity contribution in [2.75, 3.05) is 0 Å². The molecular weight excluding hydrogens is 352 g/mol. The van der Waals surface area contributed by atoms with Gasteiger partial charge in [0.1, 0.15) is 0 Å². The van der Waals surface area contributed by atoms with Gasteiger partial charge < -0.3 is 9.47 Å². The van der Waals surface area contributed by atoms with Crippen molar-refractivity contribution in [2.24, 2.45) is 0 Å². The topological polar surface area (TPSA) is 86.7 Å². The van der Waals surface area contributed by atoms with Crippen LogP contribution in [0.3, 0.4) is 0 Å². The van der Waals surface area contributed by atoms with E-state index in [1.54, 1.807) is 36.4 Å². The first kappa shape index (κ1) is 15.0. The molecule has 0 spiro atoms. The fraction of sp³-hybridized carbons (Fsp3) is 0. The second-order valence-corrected chi connectivity index (χ2v) is 7.21. The predicted molar refractivity (Wildman–Crippen MR) is 84.1 cm³/mol. The maximum Gasteiger partial charge on any atom is 0.346 e. The normalized spacial score (nSPS) is 15.2. The molecule has 0 aliphatic carbocycles. The van der Waals surface area contributed by atoms with Crippen LogP contribution in [0.2, 0.25) is 0 Å². The number of fused-ring (bicyclic) bond motifs is 2. The van der Waals surface area contributed by atoms with E-state index in [1.807, 2.05) is 0 Å². The Morgan fingerprint density at radius 1 is 0.542 bits per heavy atom. The van der Waals surface area contributed by atoms with Crippen LogP contribution in [0.1, 0.15) is 41.4 Å². The molecule has 24 heavy (non-hydrogen) atoms. The molecule has 0 bridgehead atoms. The number of rotatable bonds is 3. The Hall–Kier alpha value is -2.58. The molecular formula is C16H6O6S2. The van der Waals surface area contributed by atoms with Crippen LogP contribution in [0.5, 0.6) is 0 Å². The van der Waals surface area contributed by atoms with Gasteiger partial charge in [-0.3, -0.25) is 0 Å². The minimum Gasteiger partial charge on any atom is -0.386 e. The fourth-order valence-corrected chi connectivity index (χ4v) is 4.30. The zero-order chi connectivity index (χ0) is 16.8. The molecule has 0 saturated carbocycles. The van der Waals surface area contributed by atoms with Crippen molar-refractivity contribution >= 4 is 45.5 Å². The second-order valence-electron chi connectivity index (χ2n) is 4.94. The van der Waals surface area contributed by atoms with Gasteiger partial charge in [-0.15, -0.1) is 0 Å². The van der Waals surface area contributed by atoms with Crippen LogP contribution in [-0.2, 0) is 9.47 Å². The van der Waals surface area contributed by atoms with Gasteiger partial charge in [-0.25, -0.2) is 19.2 Å².